The molecule has 0 bridgehead atoms. The van der Waals surface area contributed by atoms with E-state index in [1.165, 1.54) is 19.3 Å². The van der Waals surface area contributed by atoms with Crippen LogP contribution in [-0.2, 0) is 4.79 Å². The number of rotatable bonds is 1. The first-order chi connectivity index (χ1) is 6.02. The number of carbonyl (C=O) groups is 2. The fourth-order valence-corrected chi connectivity index (χ4v) is 1.17. The van der Waals surface area contributed by atoms with Crippen LogP contribution in [0.5, 0.6) is 0 Å². The molecular weight excluding hydrogens is 170 g/mol. The van der Waals surface area contributed by atoms with Crippen molar-refractivity contribution in [2.45, 2.75) is 13.8 Å². The SMILES string of the molecule is CC(=O)C1=CN(C(=O)O)C=CC1C. The van der Waals surface area contributed by atoms with E-state index in [2.05, 4.69) is 0 Å². The minimum atomic E-state index is -1.08. The number of hydrogen-bond acceptors (Lipinski definition) is 2. The van der Waals surface area contributed by atoms with Crippen LogP contribution in [0.4, 0.5) is 4.79 Å². The van der Waals surface area contributed by atoms with E-state index in [4.69, 9.17) is 5.11 Å². The fourth-order valence-electron chi connectivity index (χ4n) is 1.17. The van der Waals surface area contributed by atoms with Crippen molar-refractivity contribution in [3.8, 4) is 0 Å². The van der Waals surface area contributed by atoms with E-state index in [0.717, 1.165) is 4.90 Å². The summed E-state index contributed by atoms with van der Waals surface area (Å²) in [6, 6.07) is 0. The highest BCUT2D eigenvalue weighted by Crippen LogP contribution is 2.19. The third-order valence-electron chi connectivity index (χ3n) is 1.93. The van der Waals surface area contributed by atoms with Crippen molar-refractivity contribution < 1.29 is 14.7 Å². The number of carboxylic acid groups (broad SMARTS) is 1. The lowest BCUT2D eigenvalue weighted by atomic mass is 9.97. The number of allylic oxidation sites excluding steroid dienone is 2. The molecule has 13 heavy (non-hydrogen) atoms. The van der Waals surface area contributed by atoms with Gasteiger partial charge in [0.15, 0.2) is 5.78 Å². The summed E-state index contributed by atoms with van der Waals surface area (Å²) in [6.45, 7) is 3.28. The van der Waals surface area contributed by atoms with E-state index in [1.807, 2.05) is 6.92 Å². The first-order valence-corrected chi connectivity index (χ1v) is 3.94. The smallest absolute Gasteiger partial charge is 0.415 e. The van der Waals surface area contributed by atoms with Gasteiger partial charge in [-0.15, -0.1) is 0 Å². The topological polar surface area (TPSA) is 57.6 Å². The highest BCUT2D eigenvalue weighted by molar-refractivity contribution is 5.94. The predicted octanol–water partition coefficient (Wildman–Crippen LogP) is 1.60. The van der Waals surface area contributed by atoms with Gasteiger partial charge in [-0.2, -0.15) is 0 Å². The molecule has 4 nitrogen and oxygen atoms in total. The minimum absolute atomic E-state index is 0.00639. The van der Waals surface area contributed by atoms with Gasteiger partial charge in [-0.05, 0) is 6.92 Å². The van der Waals surface area contributed by atoms with E-state index in [0.29, 0.717) is 5.57 Å². The average molecular weight is 181 g/mol. The number of hydrogen-bond donors (Lipinski definition) is 1. The normalized spacial score (nSPS) is 21.2. The third-order valence-corrected chi connectivity index (χ3v) is 1.93. The van der Waals surface area contributed by atoms with Crippen LogP contribution >= 0.6 is 0 Å². The Balaban J connectivity index is 2.93. The first-order valence-electron chi connectivity index (χ1n) is 3.94. The van der Waals surface area contributed by atoms with Crippen molar-refractivity contribution in [2.24, 2.45) is 5.92 Å². The molecule has 4 heteroatoms. The number of Topliss-reactive ketones (excluding diaryl/α,β-unsaturated/α-hetero) is 1. The van der Waals surface area contributed by atoms with Crippen LogP contribution in [0.1, 0.15) is 13.8 Å². The van der Waals surface area contributed by atoms with Gasteiger partial charge in [-0.1, -0.05) is 13.0 Å². The van der Waals surface area contributed by atoms with E-state index < -0.39 is 6.09 Å². The molecule has 0 aromatic rings. The lowest BCUT2D eigenvalue weighted by molar-refractivity contribution is -0.114. The maximum atomic E-state index is 11.1. The van der Waals surface area contributed by atoms with Gasteiger partial charge in [0.05, 0.1) is 0 Å². The van der Waals surface area contributed by atoms with Crippen LogP contribution in [0.15, 0.2) is 24.0 Å². The van der Waals surface area contributed by atoms with Gasteiger partial charge in [0.1, 0.15) is 0 Å². The molecule has 1 aliphatic heterocycles. The van der Waals surface area contributed by atoms with Crippen molar-refractivity contribution in [2.75, 3.05) is 0 Å². The Hall–Kier alpha value is -1.58. The molecule has 1 N–H and O–H groups in total. The van der Waals surface area contributed by atoms with Crippen molar-refractivity contribution in [1.29, 1.82) is 0 Å². The zero-order valence-corrected chi connectivity index (χ0v) is 7.52. The van der Waals surface area contributed by atoms with Gasteiger partial charge in [-0.25, -0.2) is 4.79 Å². The molecule has 1 unspecified atom stereocenters. The second kappa shape index (κ2) is 3.43. The largest absolute Gasteiger partial charge is 0.464 e. The Morgan fingerprint density at radius 2 is 2.15 bits per heavy atom. The maximum Gasteiger partial charge on any atom is 0.415 e. The quantitative estimate of drug-likeness (QED) is 0.668. The molecule has 0 fully saturated rings. The number of nitrogens with zero attached hydrogens (tertiary/aromatic N) is 1. The van der Waals surface area contributed by atoms with Crippen molar-refractivity contribution in [1.82, 2.24) is 4.90 Å². The molecule has 1 heterocycles. The first kappa shape index (κ1) is 9.51. The number of ketones is 1. The second-order valence-corrected chi connectivity index (χ2v) is 2.96. The summed E-state index contributed by atoms with van der Waals surface area (Å²) in [5.41, 5.74) is 0.518. The summed E-state index contributed by atoms with van der Waals surface area (Å²) >= 11 is 0. The Labute approximate surface area is 76.2 Å². The summed E-state index contributed by atoms with van der Waals surface area (Å²) in [5, 5.41) is 8.64. The molecule has 0 radical (unpaired) electrons. The van der Waals surface area contributed by atoms with Crippen LogP contribution in [0.25, 0.3) is 0 Å². The van der Waals surface area contributed by atoms with Crippen molar-refractivity contribution in [3.63, 3.8) is 0 Å². The van der Waals surface area contributed by atoms with Crippen molar-refractivity contribution >= 4 is 11.9 Å². The standard InChI is InChI=1S/C9H11NO3/c1-6-3-4-10(9(12)13)5-8(6)7(2)11/h3-6H,1-2H3,(H,12,13). The van der Waals surface area contributed by atoms with E-state index in [9.17, 15) is 9.59 Å². The third kappa shape index (κ3) is 1.96. The molecule has 0 aromatic heterocycles. The average Bonchev–Trinajstić information content (AvgIpc) is 2.04. The van der Waals surface area contributed by atoms with Crippen LogP contribution in [0.3, 0.4) is 0 Å². The number of carbonyl (C=O) groups excluding carboxylic acids is 1. The minimum Gasteiger partial charge on any atom is -0.464 e. The second-order valence-electron chi connectivity index (χ2n) is 2.96. The number of amides is 1. The maximum absolute atomic E-state index is 11.1. The lowest BCUT2D eigenvalue weighted by Gasteiger charge is -2.19. The van der Waals surface area contributed by atoms with Crippen LogP contribution in [0.2, 0.25) is 0 Å². The van der Waals surface area contributed by atoms with Gasteiger partial charge in [0.2, 0.25) is 0 Å². The Morgan fingerprint density at radius 1 is 1.54 bits per heavy atom. The highest BCUT2D eigenvalue weighted by Gasteiger charge is 2.18. The zero-order chi connectivity index (χ0) is 10.0. The molecule has 0 saturated carbocycles. The van der Waals surface area contributed by atoms with Gasteiger partial charge in [-0.3, -0.25) is 9.69 Å². The van der Waals surface area contributed by atoms with Crippen LogP contribution in [-0.4, -0.2) is 21.9 Å². The molecule has 0 spiro atoms. The summed E-state index contributed by atoms with van der Waals surface area (Å²) < 4.78 is 0. The Bertz CT molecular complexity index is 304. The summed E-state index contributed by atoms with van der Waals surface area (Å²) in [5.74, 6) is -0.101. The molecular formula is C9H11NO3. The van der Waals surface area contributed by atoms with Gasteiger partial charge >= 0.3 is 6.09 Å². The molecule has 70 valence electrons. The highest BCUT2D eigenvalue weighted by atomic mass is 16.4. The summed E-state index contributed by atoms with van der Waals surface area (Å²) in [7, 11) is 0. The molecule has 1 aliphatic rings. The molecule has 1 rings (SSSR count). The lowest BCUT2D eigenvalue weighted by Crippen LogP contribution is -2.23. The molecule has 1 amide bonds. The molecule has 0 saturated heterocycles. The van der Waals surface area contributed by atoms with Crippen LogP contribution in [0, 0.1) is 5.92 Å². The van der Waals surface area contributed by atoms with Gasteiger partial charge in [0, 0.05) is 23.9 Å². The zero-order valence-electron chi connectivity index (χ0n) is 7.52. The van der Waals surface area contributed by atoms with Crippen LogP contribution < -0.4 is 0 Å². The Morgan fingerprint density at radius 3 is 2.62 bits per heavy atom. The van der Waals surface area contributed by atoms with Crippen molar-refractivity contribution in [3.05, 3.63) is 24.0 Å². The van der Waals surface area contributed by atoms with Gasteiger partial charge < -0.3 is 5.11 Å². The fraction of sp³-hybridized carbons (Fsp3) is 0.333. The summed E-state index contributed by atoms with van der Waals surface area (Å²) in [6.07, 6.45) is 3.40. The van der Waals surface area contributed by atoms with Gasteiger partial charge in [0.25, 0.3) is 0 Å². The molecule has 0 aromatic carbocycles. The van der Waals surface area contributed by atoms with E-state index in [1.54, 1.807) is 6.08 Å². The van der Waals surface area contributed by atoms with E-state index >= 15 is 0 Å². The Kier molecular flexibility index (Phi) is 2.51. The summed E-state index contributed by atoms with van der Waals surface area (Å²) in [4.78, 5) is 22.6. The monoisotopic (exact) mass is 181 g/mol. The molecule has 1 atom stereocenters. The van der Waals surface area contributed by atoms with E-state index in [-0.39, 0.29) is 11.7 Å². The predicted molar refractivity (Wildman–Crippen MR) is 46.9 cm³/mol. The molecule has 0 aliphatic carbocycles.